The number of carbonyl (C=O) groups is 2. The van der Waals surface area contributed by atoms with Crippen molar-refractivity contribution in [3.63, 3.8) is 0 Å². The highest BCUT2D eigenvalue weighted by atomic mass is 32.2. The van der Waals surface area contributed by atoms with Gasteiger partial charge in [0.05, 0.1) is 24.8 Å². The SMILES string of the molecule is COc1ccc(S(=O)(=O)N(CC(=O)N(Cc2ccccc2F)C(C)C(=O)NC(C)(C)C)c2ccc(C)cc2)cc1OC. The Bertz CT molecular complexity index is 1520. The monoisotopic (exact) mass is 599 g/mol. The van der Waals surface area contributed by atoms with Crippen molar-refractivity contribution < 1.29 is 31.9 Å². The van der Waals surface area contributed by atoms with Gasteiger partial charge in [-0.15, -0.1) is 0 Å². The molecule has 0 aromatic heterocycles. The molecule has 0 spiro atoms. The van der Waals surface area contributed by atoms with Gasteiger partial charge in [-0.3, -0.25) is 13.9 Å². The molecule has 0 aliphatic carbocycles. The fourth-order valence-electron chi connectivity index (χ4n) is 4.21. The van der Waals surface area contributed by atoms with Gasteiger partial charge in [0.25, 0.3) is 10.0 Å². The molecule has 0 bridgehead atoms. The highest BCUT2D eigenvalue weighted by molar-refractivity contribution is 7.92. The van der Waals surface area contributed by atoms with Gasteiger partial charge >= 0.3 is 0 Å². The van der Waals surface area contributed by atoms with E-state index < -0.39 is 45.8 Å². The lowest BCUT2D eigenvalue weighted by Gasteiger charge is -2.33. The number of carbonyl (C=O) groups excluding carboxylic acids is 2. The lowest BCUT2D eigenvalue weighted by atomic mass is 10.1. The zero-order valence-electron chi connectivity index (χ0n) is 25.0. The van der Waals surface area contributed by atoms with E-state index in [0.717, 1.165) is 9.87 Å². The molecular weight excluding hydrogens is 561 g/mol. The molecule has 0 fully saturated rings. The van der Waals surface area contributed by atoms with Crippen LogP contribution in [0.2, 0.25) is 0 Å². The number of nitrogens with one attached hydrogen (secondary N) is 1. The van der Waals surface area contributed by atoms with Crippen LogP contribution in [0.25, 0.3) is 0 Å². The van der Waals surface area contributed by atoms with E-state index in [9.17, 15) is 22.4 Å². The van der Waals surface area contributed by atoms with E-state index in [1.807, 2.05) is 6.92 Å². The van der Waals surface area contributed by atoms with Crippen LogP contribution in [0.1, 0.15) is 38.8 Å². The first-order chi connectivity index (χ1) is 19.7. The first-order valence-corrected chi connectivity index (χ1v) is 14.8. The predicted octanol–water partition coefficient (Wildman–Crippen LogP) is 4.68. The van der Waals surface area contributed by atoms with Crippen LogP contribution in [-0.2, 0) is 26.2 Å². The zero-order chi connectivity index (χ0) is 31.2. The number of halogens is 1. The van der Waals surface area contributed by atoms with E-state index in [0.29, 0.717) is 5.75 Å². The van der Waals surface area contributed by atoms with Crippen molar-refractivity contribution in [2.75, 3.05) is 25.1 Å². The lowest BCUT2D eigenvalue weighted by Crippen LogP contribution is -2.54. The average molecular weight is 600 g/mol. The van der Waals surface area contributed by atoms with Gasteiger partial charge in [-0.25, -0.2) is 12.8 Å². The minimum Gasteiger partial charge on any atom is -0.493 e. The first-order valence-electron chi connectivity index (χ1n) is 13.3. The van der Waals surface area contributed by atoms with Gasteiger partial charge in [-0.1, -0.05) is 35.9 Å². The fraction of sp³-hybridized carbons (Fsp3) is 0.355. The summed E-state index contributed by atoms with van der Waals surface area (Å²) in [5.74, 6) is -1.17. The molecular formula is C31H38FN3O6S. The first kappa shape index (κ1) is 32.4. The molecule has 1 N–H and O–H groups in total. The van der Waals surface area contributed by atoms with Crippen LogP contribution in [0.4, 0.5) is 10.1 Å². The van der Waals surface area contributed by atoms with Crippen molar-refractivity contribution in [2.45, 2.75) is 57.6 Å². The third-order valence-electron chi connectivity index (χ3n) is 6.51. The number of rotatable bonds is 11. The van der Waals surface area contributed by atoms with Crippen molar-refractivity contribution in [1.29, 1.82) is 0 Å². The second-order valence-corrected chi connectivity index (χ2v) is 12.8. The molecule has 0 aliphatic rings. The number of ether oxygens (including phenoxy) is 2. The second kappa shape index (κ2) is 13.2. The molecule has 0 radical (unpaired) electrons. The third-order valence-corrected chi connectivity index (χ3v) is 8.28. The molecule has 1 atom stereocenters. The quantitative estimate of drug-likeness (QED) is 0.343. The molecule has 0 saturated carbocycles. The summed E-state index contributed by atoms with van der Waals surface area (Å²) in [6.45, 7) is 7.89. The maximum atomic E-state index is 14.7. The smallest absolute Gasteiger partial charge is 0.264 e. The molecule has 9 nitrogen and oxygen atoms in total. The summed E-state index contributed by atoms with van der Waals surface area (Å²) >= 11 is 0. The molecule has 2 amide bonds. The van der Waals surface area contributed by atoms with Gasteiger partial charge in [0.15, 0.2) is 11.5 Å². The summed E-state index contributed by atoms with van der Waals surface area (Å²) in [6, 6.07) is 15.7. The Kier molecular flexibility index (Phi) is 10.2. The van der Waals surface area contributed by atoms with Gasteiger partial charge in [0.1, 0.15) is 18.4 Å². The number of sulfonamides is 1. The molecule has 42 heavy (non-hydrogen) atoms. The number of hydrogen-bond donors (Lipinski definition) is 1. The average Bonchev–Trinajstić information content (AvgIpc) is 2.94. The zero-order valence-corrected chi connectivity index (χ0v) is 25.8. The second-order valence-electron chi connectivity index (χ2n) is 10.9. The number of hydrogen-bond acceptors (Lipinski definition) is 6. The van der Waals surface area contributed by atoms with E-state index in [4.69, 9.17) is 9.47 Å². The molecule has 3 aromatic carbocycles. The van der Waals surface area contributed by atoms with Crippen molar-refractivity contribution in [1.82, 2.24) is 10.2 Å². The van der Waals surface area contributed by atoms with Crippen LogP contribution < -0.4 is 19.1 Å². The highest BCUT2D eigenvalue weighted by Gasteiger charge is 2.34. The molecule has 3 aromatic rings. The summed E-state index contributed by atoms with van der Waals surface area (Å²) in [4.78, 5) is 28.2. The molecule has 0 heterocycles. The van der Waals surface area contributed by atoms with E-state index >= 15 is 0 Å². The number of amides is 2. The van der Waals surface area contributed by atoms with Crippen molar-refractivity contribution >= 4 is 27.5 Å². The van der Waals surface area contributed by atoms with Crippen molar-refractivity contribution in [3.05, 3.63) is 83.7 Å². The van der Waals surface area contributed by atoms with Crippen LogP contribution in [0.3, 0.4) is 0 Å². The summed E-state index contributed by atoms with van der Waals surface area (Å²) in [5, 5.41) is 2.84. The maximum absolute atomic E-state index is 14.7. The van der Waals surface area contributed by atoms with Gasteiger partial charge in [0, 0.05) is 23.7 Å². The molecule has 0 aliphatic heterocycles. The Morgan fingerprint density at radius 3 is 2.14 bits per heavy atom. The molecule has 0 saturated heterocycles. The number of anilines is 1. The summed E-state index contributed by atoms with van der Waals surface area (Å²) in [7, 11) is -1.51. The Balaban J connectivity index is 2.09. The Morgan fingerprint density at radius 2 is 1.57 bits per heavy atom. The number of aryl methyl sites for hydroxylation is 1. The summed E-state index contributed by atoms with van der Waals surface area (Å²) in [6.07, 6.45) is 0. The third kappa shape index (κ3) is 7.79. The molecule has 226 valence electrons. The largest absolute Gasteiger partial charge is 0.493 e. The molecule has 11 heteroatoms. The predicted molar refractivity (Wildman–Crippen MR) is 160 cm³/mol. The van der Waals surface area contributed by atoms with E-state index in [1.54, 1.807) is 51.1 Å². The maximum Gasteiger partial charge on any atom is 0.264 e. The Hall–Kier alpha value is -4.12. The number of benzene rings is 3. The van der Waals surface area contributed by atoms with Gasteiger partial charge in [0.2, 0.25) is 11.8 Å². The van der Waals surface area contributed by atoms with Gasteiger partial charge in [-0.2, -0.15) is 0 Å². The van der Waals surface area contributed by atoms with E-state index in [2.05, 4.69) is 5.32 Å². The lowest BCUT2D eigenvalue weighted by molar-refractivity contribution is -0.140. The Labute approximate surface area is 247 Å². The molecule has 3 rings (SSSR count). The van der Waals surface area contributed by atoms with Crippen LogP contribution in [0.5, 0.6) is 11.5 Å². The van der Waals surface area contributed by atoms with Crippen LogP contribution in [-0.4, -0.2) is 57.5 Å². The van der Waals surface area contributed by atoms with Crippen LogP contribution in [0, 0.1) is 12.7 Å². The minimum atomic E-state index is -4.33. The normalized spacial score (nSPS) is 12.3. The van der Waals surface area contributed by atoms with Crippen molar-refractivity contribution in [3.8, 4) is 11.5 Å². The van der Waals surface area contributed by atoms with Crippen LogP contribution >= 0.6 is 0 Å². The van der Waals surface area contributed by atoms with E-state index in [-0.39, 0.29) is 28.4 Å². The summed E-state index contributed by atoms with van der Waals surface area (Å²) < 4.78 is 54.3. The van der Waals surface area contributed by atoms with E-state index in [1.165, 1.54) is 62.4 Å². The Morgan fingerprint density at radius 1 is 0.952 bits per heavy atom. The fourth-order valence-corrected chi connectivity index (χ4v) is 5.64. The van der Waals surface area contributed by atoms with Crippen LogP contribution in [0.15, 0.2) is 71.6 Å². The topological polar surface area (TPSA) is 105 Å². The number of methoxy groups -OCH3 is 2. The minimum absolute atomic E-state index is 0.132. The summed E-state index contributed by atoms with van der Waals surface area (Å²) in [5.41, 5.74) is 0.720. The highest BCUT2D eigenvalue weighted by Crippen LogP contribution is 2.32. The van der Waals surface area contributed by atoms with Gasteiger partial charge < -0.3 is 19.7 Å². The standard InChI is InChI=1S/C31H38FN3O6S/c1-21-12-14-24(15-13-21)35(42(38,39)25-16-17-27(40-6)28(18-25)41-7)20-29(36)34(19-23-10-8-9-11-26(23)32)22(2)30(37)33-31(3,4)5/h8-18,22H,19-20H2,1-7H3,(H,33,37). The molecule has 1 unspecified atom stereocenters. The van der Waals surface area contributed by atoms with Gasteiger partial charge in [-0.05, 0) is 65.0 Å². The van der Waals surface area contributed by atoms with Crippen molar-refractivity contribution in [2.24, 2.45) is 0 Å². The number of nitrogens with zero attached hydrogens (tertiary/aromatic N) is 2.